The molecule has 0 fully saturated rings. The molecule has 1 atom stereocenters. The summed E-state index contributed by atoms with van der Waals surface area (Å²) in [5, 5.41) is 8.74. The van der Waals surface area contributed by atoms with Gasteiger partial charge in [0.15, 0.2) is 0 Å². The summed E-state index contributed by atoms with van der Waals surface area (Å²) in [6, 6.07) is 7.61. The van der Waals surface area contributed by atoms with Crippen LogP contribution in [0.15, 0.2) is 24.3 Å². The molecule has 0 amide bonds. The Morgan fingerprint density at radius 3 is 2.57 bits per heavy atom. The van der Waals surface area contributed by atoms with Crippen molar-refractivity contribution < 1.29 is 9.84 Å². The van der Waals surface area contributed by atoms with E-state index >= 15 is 0 Å². The van der Waals surface area contributed by atoms with Crippen LogP contribution in [0.25, 0.3) is 0 Å². The Kier molecular flexibility index (Phi) is 4.18. The minimum atomic E-state index is -0.123. The lowest BCUT2D eigenvalue weighted by molar-refractivity contribution is 0.0145. The first kappa shape index (κ1) is 10.8. The van der Waals surface area contributed by atoms with E-state index in [0.717, 1.165) is 11.1 Å². The molecule has 1 aromatic carbocycles. The van der Waals surface area contributed by atoms with E-state index in [4.69, 9.17) is 16.3 Å². The fourth-order valence-electron chi connectivity index (χ4n) is 0.988. The van der Waals surface area contributed by atoms with Crippen LogP contribution in [0.2, 0.25) is 0 Å². The molecule has 0 spiro atoms. The highest BCUT2D eigenvalue weighted by molar-refractivity contribution is 5.33. The number of hydrogen-bond acceptors (Lipinski definition) is 2. The van der Waals surface area contributed by atoms with Gasteiger partial charge >= 0.3 is 0 Å². The highest BCUT2D eigenvalue weighted by Gasteiger charge is 1.99. The molecule has 0 aliphatic carbocycles. The number of ether oxygens (including phenoxy) is 1. The second-order valence-corrected chi connectivity index (χ2v) is 3.15. The van der Waals surface area contributed by atoms with Gasteiger partial charge in [-0.15, -0.1) is 6.42 Å². The Balaban J connectivity index is 2.49. The Hall–Kier alpha value is -1.30. The summed E-state index contributed by atoms with van der Waals surface area (Å²) in [6.07, 6.45) is 5.11. The van der Waals surface area contributed by atoms with Gasteiger partial charge in [-0.25, -0.2) is 0 Å². The number of terminal acetylenes is 1. The summed E-state index contributed by atoms with van der Waals surface area (Å²) < 4.78 is 5.35. The SMILES string of the molecule is C#Cc1ccc(CO[C@@H](C)CO)cc1. The Morgan fingerprint density at radius 1 is 1.43 bits per heavy atom. The van der Waals surface area contributed by atoms with Gasteiger partial charge in [-0.2, -0.15) is 0 Å². The van der Waals surface area contributed by atoms with Crippen LogP contribution in [0.1, 0.15) is 18.1 Å². The van der Waals surface area contributed by atoms with E-state index in [2.05, 4.69) is 5.92 Å². The third-order valence-corrected chi connectivity index (χ3v) is 1.91. The molecule has 1 rings (SSSR count). The predicted molar refractivity (Wildman–Crippen MR) is 55.7 cm³/mol. The number of rotatable bonds is 4. The first-order valence-corrected chi connectivity index (χ1v) is 4.54. The van der Waals surface area contributed by atoms with Crippen LogP contribution in [0.4, 0.5) is 0 Å². The van der Waals surface area contributed by atoms with Gasteiger partial charge in [-0.05, 0) is 24.6 Å². The summed E-state index contributed by atoms with van der Waals surface area (Å²) >= 11 is 0. The molecule has 1 N–H and O–H groups in total. The van der Waals surface area contributed by atoms with Crippen molar-refractivity contribution in [3.8, 4) is 12.3 Å². The smallest absolute Gasteiger partial charge is 0.0782 e. The second-order valence-electron chi connectivity index (χ2n) is 3.15. The fraction of sp³-hybridized carbons (Fsp3) is 0.333. The van der Waals surface area contributed by atoms with E-state index in [1.807, 2.05) is 31.2 Å². The number of aliphatic hydroxyl groups excluding tert-OH is 1. The van der Waals surface area contributed by atoms with Crippen molar-refractivity contribution in [3.63, 3.8) is 0 Å². The number of benzene rings is 1. The maximum absolute atomic E-state index is 8.74. The van der Waals surface area contributed by atoms with E-state index in [1.165, 1.54) is 0 Å². The molecule has 0 saturated heterocycles. The zero-order chi connectivity index (χ0) is 10.4. The van der Waals surface area contributed by atoms with Crippen molar-refractivity contribution in [3.05, 3.63) is 35.4 Å². The zero-order valence-electron chi connectivity index (χ0n) is 8.23. The summed E-state index contributed by atoms with van der Waals surface area (Å²) in [4.78, 5) is 0. The van der Waals surface area contributed by atoms with Gasteiger partial charge < -0.3 is 9.84 Å². The monoisotopic (exact) mass is 190 g/mol. The molecule has 0 unspecified atom stereocenters. The normalized spacial score (nSPS) is 12.1. The van der Waals surface area contributed by atoms with E-state index in [0.29, 0.717) is 6.61 Å². The quantitative estimate of drug-likeness (QED) is 0.730. The van der Waals surface area contributed by atoms with Crippen molar-refractivity contribution in [1.29, 1.82) is 0 Å². The van der Waals surface area contributed by atoms with Gasteiger partial charge in [0.25, 0.3) is 0 Å². The van der Waals surface area contributed by atoms with Gasteiger partial charge in [-0.1, -0.05) is 18.1 Å². The van der Waals surface area contributed by atoms with Crippen molar-refractivity contribution in [1.82, 2.24) is 0 Å². The minimum Gasteiger partial charge on any atom is -0.394 e. The Bertz CT molecular complexity index is 308. The van der Waals surface area contributed by atoms with E-state index in [-0.39, 0.29) is 12.7 Å². The molecule has 14 heavy (non-hydrogen) atoms. The van der Waals surface area contributed by atoms with E-state index in [9.17, 15) is 0 Å². The molecule has 0 aliphatic heterocycles. The molecule has 0 heterocycles. The molecule has 0 saturated carbocycles. The van der Waals surface area contributed by atoms with E-state index < -0.39 is 0 Å². The second kappa shape index (κ2) is 5.43. The van der Waals surface area contributed by atoms with Crippen LogP contribution >= 0.6 is 0 Å². The van der Waals surface area contributed by atoms with Crippen LogP contribution in [0.3, 0.4) is 0 Å². The van der Waals surface area contributed by atoms with Gasteiger partial charge in [0.1, 0.15) is 0 Å². The summed E-state index contributed by atoms with van der Waals surface area (Å²) in [7, 11) is 0. The topological polar surface area (TPSA) is 29.5 Å². The van der Waals surface area contributed by atoms with Crippen LogP contribution in [0.5, 0.6) is 0 Å². The summed E-state index contributed by atoms with van der Waals surface area (Å²) in [5.41, 5.74) is 1.92. The zero-order valence-corrected chi connectivity index (χ0v) is 8.23. The third kappa shape index (κ3) is 3.21. The molecule has 0 aliphatic rings. The molecule has 74 valence electrons. The summed E-state index contributed by atoms with van der Waals surface area (Å²) in [5.74, 6) is 2.55. The maximum atomic E-state index is 8.74. The number of aliphatic hydroxyl groups is 1. The minimum absolute atomic E-state index is 0.0441. The lowest BCUT2D eigenvalue weighted by Crippen LogP contribution is -2.12. The molecule has 2 heteroatoms. The first-order chi connectivity index (χ1) is 6.76. The van der Waals surface area contributed by atoms with Crippen molar-refractivity contribution in [2.45, 2.75) is 19.6 Å². The third-order valence-electron chi connectivity index (χ3n) is 1.91. The lowest BCUT2D eigenvalue weighted by atomic mass is 10.1. The predicted octanol–water partition coefficient (Wildman–Crippen LogP) is 1.57. The van der Waals surface area contributed by atoms with Crippen molar-refractivity contribution >= 4 is 0 Å². The molecule has 0 aromatic heterocycles. The van der Waals surface area contributed by atoms with Crippen molar-refractivity contribution in [2.24, 2.45) is 0 Å². The van der Waals surface area contributed by atoms with Crippen LogP contribution < -0.4 is 0 Å². The van der Waals surface area contributed by atoms with Crippen LogP contribution in [-0.2, 0) is 11.3 Å². The van der Waals surface area contributed by atoms with Gasteiger partial charge in [0.05, 0.1) is 19.3 Å². The maximum Gasteiger partial charge on any atom is 0.0782 e. The average Bonchev–Trinajstić information content (AvgIpc) is 2.26. The van der Waals surface area contributed by atoms with Crippen molar-refractivity contribution in [2.75, 3.05) is 6.61 Å². The molecule has 0 bridgehead atoms. The van der Waals surface area contributed by atoms with Crippen LogP contribution in [0, 0.1) is 12.3 Å². The van der Waals surface area contributed by atoms with Crippen LogP contribution in [-0.4, -0.2) is 17.8 Å². The first-order valence-electron chi connectivity index (χ1n) is 4.54. The van der Waals surface area contributed by atoms with Gasteiger partial charge in [0.2, 0.25) is 0 Å². The molecule has 0 radical (unpaired) electrons. The molecule has 2 nitrogen and oxygen atoms in total. The van der Waals surface area contributed by atoms with Gasteiger partial charge in [0, 0.05) is 5.56 Å². The Morgan fingerprint density at radius 2 is 2.07 bits per heavy atom. The Labute approximate surface area is 84.5 Å². The highest BCUT2D eigenvalue weighted by atomic mass is 16.5. The molecule has 1 aromatic rings. The fourth-order valence-corrected chi connectivity index (χ4v) is 0.988. The standard InChI is InChI=1S/C12H14O2/c1-3-11-4-6-12(7-5-11)9-14-10(2)8-13/h1,4-7,10,13H,8-9H2,2H3/t10-/m0/s1. The lowest BCUT2D eigenvalue weighted by Gasteiger charge is -2.09. The van der Waals surface area contributed by atoms with E-state index in [1.54, 1.807) is 0 Å². The number of hydrogen-bond donors (Lipinski definition) is 1. The average molecular weight is 190 g/mol. The molecular weight excluding hydrogens is 176 g/mol. The molecular formula is C12H14O2. The summed E-state index contributed by atoms with van der Waals surface area (Å²) in [6.45, 7) is 2.38. The highest BCUT2D eigenvalue weighted by Crippen LogP contribution is 2.05. The van der Waals surface area contributed by atoms with Gasteiger partial charge in [-0.3, -0.25) is 0 Å². The largest absolute Gasteiger partial charge is 0.394 e.